The average Bonchev–Trinajstić information content (AvgIpc) is 3.29. The molecule has 0 radical (unpaired) electrons. The molecule has 0 spiro atoms. The standard InChI is InChI=1S/C32H62N2/c1-5-6-7-8-9-10-14-17-20-23-26-31(4)34-29-28-33-32(34)27-24-21-18-15-12-11-13-16-19-22-25-30(2)3/h28-31H,5-27H2,1-4H3/p+1. The van der Waals surface area contributed by atoms with Crippen LogP contribution in [0.4, 0.5) is 0 Å². The van der Waals surface area contributed by atoms with Crippen LogP contribution in [0.1, 0.15) is 181 Å². The predicted molar refractivity (Wildman–Crippen MR) is 151 cm³/mol. The van der Waals surface area contributed by atoms with Crippen molar-refractivity contribution in [2.75, 3.05) is 0 Å². The first-order valence-electron chi connectivity index (χ1n) is 15.7. The number of aromatic amines is 1. The summed E-state index contributed by atoms with van der Waals surface area (Å²) in [6.07, 6.45) is 36.9. The van der Waals surface area contributed by atoms with E-state index in [1.165, 1.54) is 154 Å². The molecular formula is C32H63N2+. The molecule has 1 aromatic heterocycles. The molecule has 1 atom stereocenters. The molecule has 34 heavy (non-hydrogen) atoms. The molecule has 1 aromatic rings. The van der Waals surface area contributed by atoms with E-state index in [9.17, 15) is 0 Å². The number of rotatable bonds is 25. The van der Waals surface area contributed by atoms with Crippen molar-refractivity contribution >= 4 is 0 Å². The Morgan fingerprint density at radius 3 is 1.53 bits per heavy atom. The zero-order chi connectivity index (χ0) is 24.7. The van der Waals surface area contributed by atoms with Gasteiger partial charge in [-0.05, 0) is 32.1 Å². The van der Waals surface area contributed by atoms with Crippen LogP contribution in [-0.2, 0) is 6.42 Å². The van der Waals surface area contributed by atoms with Crippen LogP contribution in [0.3, 0.4) is 0 Å². The van der Waals surface area contributed by atoms with Gasteiger partial charge in [0.1, 0.15) is 12.4 Å². The molecule has 1 rings (SSSR count). The minimum Gasteiger partial charge on any atom is -0.248 e. The van der Waals surface area contributed by atoms with E-state index in [0.717, 1.165) is 5.92 Å². The van der Waals surface area contributed by atoms with Gasteiger partial charge in [0, 0.05) is 6.42 Å². The summed E-state index contributed by atoms with van der Waals surface area (Å²) in [5.41, 5.74) is 0. The van der Waals surface area contributed by atoms with Gasteiger partial charge in [0.25, 0.3) is 5.82 Å². The molecule has 1 N–H and O–H groups in total. The van der Waals surface area contributed by atoms with Crippen molar-refractivity contribution in [2.24, 2.45) is 5.92 Å². The van der Waals surface area contributed by atoms with E-state index < -0.39 is 0 Å². The largest absolute Gasteiger partial charge is 0.254 e. The molecule has 0 bridgehead atoms. The topological polar surface area (TPSA) is 19.7 Å². The first kappa shape index (κ1) is 31.2. The zero-order valence-electron chi connectivity index (χ0n) is 24.0. The number of aryl methyl sites for hydroxylation is 1. The molecule has 0 saturated heterocycles. The first-order chi connectivity index (χ1) is 16.6. The van der Waals surface area contributed by atoms with Crippen LogP contribution in [-0.4, -0.2) is 4.98 Å². The van der Waals surface area contributed by atoms with Gasteiger partial charge in [-0.3, -0.25) is 0 Å². The normalized spacial score (nSPS) is 12.6. The average molecular weight is 476 g/mol. The van der Waals surface area contributed by atoms with Gasteiger partial charge in [-0.1, -0.05) is 143 Å². The third kappa shape index (κ3) is 17.6. The van der Waals surface area contributed by atoms with Crippen molar-refractivity contribution in [1.82, 2.24) is 4.98 Å². The summed E-state index contributed by atoms with van der Waals surface area (Å²) in [6, 6.07) is 0.635. The number of nitrogens with one attached hydrogen (secondary N) is 1. The van der Waals surface area contributed by atoms with Gasteiger partial charge in [0.15, 0.2) is 0 Å². The fraction of sp³-hybridized carbons (Fsp3) is 0.906. The molecular weight excluding hydrogens is 412 g/mol. The van der Waals surface area contributed by atoms with Gasteiger partial charge in [-0.25, -0.2) is 9.55 Å². The van der Waals surface area contributed by atoms with Crippen molar-refractivity contribution in [2.45, 2.75) is 181 Å². The van der Waals surface area contributed by atoms with Crippen LogP contribution in [0.5, 0.6) is 0 Å². The van der Waals surface area contributed by atoms with E-state index in [2.05, 4.69) is 49.6 Å². The van der Waals surface area contributed by atoms with E-state index in [-0.39, 0.29) is 0 Å². The monoisotopic (exact) mass is 475 g/mol. The smallest absolute Gasteiger partial charge is 0.248 e. The molecule has 0 saturated carbocycles. The van der Waals surface area contributed by atoms with Crippen molar-refractivity contribution in [3.63, 3.8) is 0 Å². The molecule has 1 heterocycles. The van der Waals surface area contributed by atoms with E-state index in [1.54, 1.807) is 0 Å². The molecule has 0 aliphatic carbocycles. The number of hydrogen-bond acceptors (Lipinski definition) is 0. The second-order valence-corrected chi connectivity index (χ2v) is 11.6. The third-order valence-electron chi connectivity index (χ3n) is 7.69. The van der Waals surface area contributed by atoms with Crippen LogP contribution in [0.15, 0.2) is 12.4 Å². The Morgan fingerprint density at radius 1 is 0.588 bits per heavy atom. The van der Waals surface area contributed by atoms with Gasteiger partial charge in [-0.15, -0.1) is 0 Å². The quantitative estimate of drug-likeness (QED) is 0.107. The van der Waals surface area contributed by atoms with Crippen molar-refractivity contribution in [3.8, 4) is 0 Å². The second kappa shape index (κ2) is 22.7. The van der Waals surface area contributed by atoms with Gasteiger partial charge < -0.3 is 0 Å². The van der Waals surface area contributed by atoms with Crippen LogP contribution in [0.2, 0.25) is 0 Å². The van der Waals surface area contributed by atoms with Gasteiger partial charge in [-0.2, -0.15) is 0 Å². The molecule has 200 valence electrons. The van der Waals surface area contributed by atoms with E-state index in [0.29, 0.717) is 6.04 Å². The highest BCUT2D eigenvalue weighted by atomic mass is 15.1. The highest BCUT2D eigenvalue weighted by molar-refractivity contribution is 4.78. The predicted octanol–water partition coefficient (Wildman–Crippen LogP) is 10.7. The number of H-pyrrole nitrogens is 1. The Morgan fingerprint density at radius 2 is 1.03 bits per heavy atom. The summed E-state index contributed by atoms with van der Waals surface area (Å²) < 4.78 is 2.52. The summed E-state index contributed by atoms with van der Waals surface area (Å²) >= 11 is 0. The molecule has 0 aromatic carbocycles. The number of imidazole rings is 1. The fourth-order valence-corrected chi connectivity index (χ4v) is 5.32. The zero-order valence-corrected chi connectivity index (χ0v) is 24.0. The highest BCUT2D eigenvalue weighted by Crippen LogP contribution is 2.16. The number of unbranched alkanes of at least 4 members (excludes halogenated alkanes) is 18. The van der Waals surface area contributed by atoms with E-state index in [1.807, 2.05) is 0 Å². The Hall–Kier alpha value is -0.790. The number of aromatic nitrogens is 2. The molecule has 0 amide bonds. The maximum absolute atomic E-state index is 3.53. The van der Waals surface area contributed by atoms with Gasteiger partial charge in [0.05, 0.1) is 6.04 Å². The summed E-state index contributed by atoms with van der Waals surface area (Å²) in [6.45, 7) is 9.40. The maximum Gasteiger partial charge on any atom is 0.254 e. The summed E-state index contributed by atoms with van der Waals surface area (Å²) in [5, 5.41) is 0. The summed E-state index contributed by atoms with van der Waals surface area (Å²) in [5.74, 6) is 2.33. The lowest BCUT2D eigenvalue weighted by Gasteiger charge is -2.10. The molecule has 0 fully saturated rings. The Balaban J connectivity index is 1.98. The number of nitrogens with zero attached hydrogens (tertiary/aromatic N) is 1. The lowest BCUT2D eigenvalue weighted by Crippen LogP contribution is -2.39. The van der Waals surface area contributed by atoms with E-state index >= 15 is 0 Å². The Labute approximate surface area is 215 Å². The molecule has 1 unspecified atom stereocenters. The highest BCUT2D eigenvalue weighted by Gasteiger charge is 2.16. The minimum atomic E-state index is 0.635. The maximum atomic E-state index is 3.53. The second-order valence-electron chi connectivity index (χ2n) is 11.6. The van der Waals surface area contributed by atoms with Crippen LogP contribution in [0, 0.1) is 5.92 Å². The van der Waals surface area contributed by atoms with Crippen molar-refractivity contribution in [3.05, 3.63) is 18.2 Å². The number of hydrogen-bond donors (Lipinski definition) is 1. The van der Waals surface area contributed by atoms with Gasteiger partial charge >= 0.3 is 0 Å². The summed E-state index contributed by atoms with van der Waals surface area (Å²) in [7, 11) is 0. The van der Waals surface area contributed by atoms with Crippen molar-refractivity contribution in [1.29, 1.82) is 0 Å². The van der Waals surface area contributed by atoms with Crippen LogP contribution >= 0.6 is 0 Å². The fourth-order valence-electron chi connectivity index (χ4n) is 5.32. The molecule has 0 aliphatic rings. The molecule has 2 nitrogen and oxygen atoms in total. The Kier molecular flexibility index (Phi) is 20.8. The molecule has 2 heteroatoms. The SMILES string of the molecule is CCCCCCCCCCCCC(C)[n+]1cc[nH]c1CCCCCCCCCCCCC(C)C. The van der Waals surface area contributed by atoms with Crippen LogP contribution < -0.4 is 4.57 Å². The van der Waals surface area contributed by atoms with Crippen LogP contribution in [0.25, 0.3) is 0 Å². The van der Waals surface area contributed by atoms with Crippen molar-refractivity contribution < 1.29 is 4.57 Å². The first-order valence-corrected chi connectivity index (χ1v) is 15.7. The third-order valence-corrected chi connectivity index (χ3v) is 7.69. The van der Waals surface area contributed by atoms with E-state index in [4.69, 9.17) is 0 Å². The Bertz CT molecular complexity index is 533. The minimum absolute atomic E-state index is 0.635. The summed E-state index contributed by atoms with van der Waals surface area (Å²) in [4.78, 5) is 3.53. The molecule has 0 aliphatic heterocycles. The lowest BCUT2D eigenvalue weighted by atomic mass is 10.0. The lowest BCUT2D eigenvalue weighted by molar-refractivity contribution is -0.726. The van der Waals surface area contributed by atoms with Gasteiger partial charge in [0.2, 0.25) is 0 Å².